The predicted molar refractivity (Wildman–Crippen MR) is 78.4 cm³/mol. The highest BCUT2D eigenvalue weighted by Gasteiger charge is 2.13. The third kappa shape index (κ3) is 2.70. The molecule has 2 rings (SSSR count). The van der Waals surface area contributed by atoms with Gasteiger partial charge in [0.2, 0.25) is 0 Å². The predicted octanol–water partition coefficient (Wildman–Crippen LogP) is 3.44. The van der Waals surface area contributed by atoms with E-state index in [4.69, 9.17) is 5.73 Å². The highest BCUT2D eigenvalue weighted by molar-refractivity contribution is 9.11. The molecule has 0 bridgehead atoms. The molecular weight excluding hydrogens is 362 g/mol. The molecule has 0 radical (unpaired) electrons. The second kappa shape index (κ2) is 5.49. The number of carbonyl (C=O) groups excluding carboxylic acids is 1. The number of hydrogen-bond donors (Lipinski definition) is 2. The second-order valence-electron chi connectivity index (χ2n) is 3.49. The SMILES string of the molecule is Nc1ncccc1C(=O)Nc1c(Br)cccc1Br. The number of aromatic nitrogens is 1. The van der Waals surface area contributed by atoms with Crippen molar-refractivity contribution >= 4 is 49.3 Å². The molecule has 1 aromatic heterocycles. The van der Waals surface area contributed by atoms with Crippen LogP contribution >= 0.6 is 31.9 Å². The third-order valence-corrected chi connectivity index (χ3v) is 3.61. The minimum absolute atomic E-state index is 0.207. The summed E-state index contributed by atoms with van der Waals surface area (Å²) < 4.78 is 1.57. The van der Waals surface area contributed by atoms with Crippen molar-refractivity contribution in [1.82, 2.24) is 4.98 Å². The van der Waals surface area contributed by atoms with Gasteiger partial charge in [-0.3, -0.25) is 4.79 Å². The summed E-state index contributed by atoms with van der Waals surface area (Å²) >= 11 is 6.75. The van der Waals surface area contributed by atoms with Crippen LogP contribution < -0.4 is 11.1 Å². The van der Waals surface area contributed by atoms with Gasteiger partial charge in [-0.15, -0.1) is 0 Å². The van der Waals surface area contributed by atoms with Gasteiger partial charge in [-0.2, -0.15) is 0 Å². The Morgan fingerprint density at radius 2 is 1.83 bits per heavy atom. The van der Waals surface area contributed by atoms with Gasteiger partial charge < -0.3 is 11.1 Å². The van der Waals surface area contributed by atoms with Crippen molar-refractivity contribution in [2.45, 2.75) is 0 Å². The van der Waals surface area contributed by atoms with Crippen LogP contribution in [-0.2, 0) is 0 Å². The first kappa shape index (κ1) is 13.0. The van der Waals surface area contributed by atoms with Crippen LogP contribution in [0.25, 0.3) is 0 Å². The van der Waals surface area contributed by atoms with Gasteiger partial charge in [-0.05, 0) is 56.1 Å². The third-order valence-electron chi connectivity index (χ3n) is 2.28. The summed E-state index contributed by atoms with van der Waals surface area (Å²) in [5.41, 5.74) is 6.66. The normalized spacial score (nSPS) is 10.1. The van der Waals surface area contributed by atoms with Gasteiger partial charge >= 0.3 is 0 Å². The van der Waals surface area contributed by atoms with Crippen LogP contribution in [0.1, 0.15) is 10.4 Å². The fraction of sp³-hybridized carbons (Fsp3) is 0. The van der Waals surface area contributed by atoms with E-state index in [1.165, 1.54) is 0 Å². The maximum absolute atomic E-state index is 12.1. The zero-order valence-electron chi connectivity index (χ0n) is 9.15. The van der Waals surface area contributed by atoms with E-state index in [-0.39, 0.29) is 11.7 Å². The number of nitrogens with two attached hydrogens (primary N) is 1. The molecule has 1 aromatic carbocycles. The van der Waals surface area contributed by atoms with E-state index in [9.17, 15) is 4.79 Å². The Labute approximate surface area is 121 Å². The Balaban J connectivity index is 2.30. The van der Waals surface area contributed by atoms with Crippen molar-refractivity contribution in [2.75, 3.05) is 11.1 Å². The lowest BCUT2D eigenvalue weighted by Crippen LogP contribution is -2.15. The Morgan fingerprint density at radius 1 is 1.17 bits per heavy atom. The Hall–Kier alpha value is -1.40. The molecule has 6 heteroatoms. The number of hydrogen-bond acceptors (Lipinski definition) is 3. The van der Waals surface area contributed by atoms with Crippen molar-refractivity contribution in [1.29, 1.82) is 0 Å². The number of amides is 1. The number of pyridine rings is 1. The van der Waals surface area contributed by atoms with Gasteiger partial charge in [0.15, 0.2) is 0 Å². The average molecular weight is 371 g/mol. The smallest absolute Gasteiger partial charge is 0.259 e. The molecule has 0 saturated heterocycles. The molecule has 2 aromatic rings. The lowest BCUT2D eigenvalue weighted by Gasteiger charge is -2.10. The number of rotatable bonds is 2. The lowest BCUT2D eigenvalue weighted by molar-refractivity contribution is 0.102. The number of para-hydroxylation sites is 1. The minimum atomic E-state index is -0.298. The van der Waals surface area contributed by atoms with E-state index in [2.05, 4.69) is 42.2 Å². The van der Waals surface area contributed by atoms with E-state index in [0.29, 0.717) is 11.3 Å². The number of anilines is 2. The molecule has 1 heterocycles. The highest BCUT2D eigenvalue weighted by atomic mass is 79.9. The summed E-state index contributed by atoms with van der Waals surface area (Å²) in [5, 5.41) is 2.78. The van der Waals surface area contributed by atoms with Crippen LogP contribution in [0, 0.1) is 0 Å². The largest absolute Gasteiger partial charge is 0.383 e. The second-order valence-corrected chi connectivity index (χ2v) is 5.20. The van der Waals surface area contributed by atoms with E-state index in [1.807, 2.05) is 18.2 Å². The van der Waals surface area contributed by atoms with Crippen LogP contribution in [0.5, 0.6) is 0 Å². The molecule has 0 saturated carbocycles. The topological polar surface area (TPSA) is 68.0 Å². The van der Waals surface area contributed by atoms with Crippen molar-refractivity contribution < 1.29 is 4.79 Å². The summed E-state index contributed by atoms with van der Waals surface area (Å²) in [4.78, 5) is 15.9. The van der Waals surface area contributed by atoms with Gasteiger partial charge in [-0.25, -0.2) is 4.98 Å². The molecule has 0 unspecified atom stereocenters. The Bertz CT molecular complexity index is 581. The standard InChI is InChI=1S/C12H9Br2N3O/c13-8-4-1-5-9(14)10(8)17-12(18)7-3-2-6-16-11(7)15/h1-6H,(H2,15,16)(H,17,18). The minimum Gasteiger partial charge on any atom is -0.383 e. The van der Waals surface area contributed by atoms with Crippen molar-refractivity contribution in [3.05, 3.63) is 51.0 Å². The van der Waals surface area contributed by atoms with Gasteiger partial charge in [0.1, 0.15) is 5.82 Å². The Morgan fingerprint density at radius 3 is 2.44 bits per heavy atom. The number of carbonyl (C=O) groups is 1. The zero-order chi connectivity index (χ0) is 13.1. The molecule has 0 spiro atoms. The number of halogens is 2. The summed E-state index contributed by atoms with van der Waals surface area (Å²) in [5.74, 6) is -0.0913. The Kier molecular flexibility index (Phi) is 3.98. The zero-order valence-corrected chi connectivity index (χ0v) is 12.3. The first-order valence-electron chi connectivity index (χ1n) is 5.05. The fourth-order valence-corrected chi connectivity index (χ4v) is 2.60. The van der Waals surface area contributed by atoms with Crippen LogP contribution in [0.15, 0.2) is 45.5 Å². The lowest BCUT2D eigenvalue weighted by atomic mass is 10.2. The molecule has 0 aliphatic carbocycles. The number of benzene rings is 1. The van der Waals surface area contributed by atoms with Crippen LogP contribution in [0.2, 0.25) is 0 Å². The summed E-state index contributed by atoms with van der Waals surface area (Å²) in [6, 6.07) is 8.84. The van der Waals surface area contributed by atoms with Gasteiger partial charge in [0, 0.05) is 15.1 Å². The fourth-order valence-electron chi connectivity index (χ4n) is 1.41. The number of nitrogen functional groups attached to an aromatic ring is 1. The van der Waals surface area contributed by atoms with Gasteiger partial charge in [0.25, 0.3) is 5.91 Å². The molecule has 1 amide bonds. The van der Waals surface area contributed by atoms with Crippen molar-refractivity contribution in [3.8, 4) is 0 Å². The van der Waals surface area contributed by atoms with E-state index in [1.54, 1.807) is 18.3 Å². The molecule has 92 valence electrons. The highest BCUT2D eigenvalue weighted by Crippen LogP contribution is 2.31. The number of nitrogens with zero attached hydrogens (tertiary/aromatic N) is 1. The molecule has 18 heavy (non-hydrogen) atoms. The summed E-state index contributed by atoms with van der Waals surface area (Å²) in [6.45, 7) is 0. The van der Waals surface area contributed by atoms with Gasteiger partial charge in [-0.1, -0.05) is 6.07 Å². The molecule has 4 nitrogen and oxygen atoms in total. The average Bonchev–Trinajstić information content (AvgIpc) is 2.34. The quantitative estimate of drug-likeness (QED) is 0.850. The molecule has 0 atom stereocenters. The molecule has 3 N–H and O–H groups in total. The first-order chi connectivity index (χ1) is 8.59. The summed E-state index contributed by atoms with van der Waals surface area (Å²) in [7, 11) is 0. The molecule has 0 aliphatic heterocycles. The molecule has 0 fully saturated rings. The number of nitrogens with one attached hydrogen (secondary N) is 1. The van der Waals surface area contributed by atoms with Gasteiger partial charge in [0.05, 0.1) is 11.3 Å². The van der Waals surface area contributed by atoms with Crippen LogP contribution in [0.3, 0.4) is 0 Å². The first-order valence-corrected chi connectivity index (χ1v) is 6.64. The van der Waals surface area contributed by atoms with Crippen molar-refractivity contribution in [3.63, 3.8) is 0 Å². The monoisotopic (exact) mass is 369 g/mol. The van der Waals surface area contributed by atoms with Crippen LogP contribution in [-0.4, -0.2) is 10.9 Å². The maximum Gasteiger partial charge on any atom is 0.259 e. The van der Waals surface area contributed by atoms with E-state index >= 15 is 0 Å². The molecular formula is C12H9Br2N3O. The van der Waals surface area contributed by atoms with E-state index < -0.39 is 0 Å². The maximum atomic E-state index is 12.1. The van der Waals surface area contributed by atoms with Crippen molar-refractivity contribution in [2.24, 2.45) is 0 Å². The molecule has 0 aliphatic rings. The van der Waals surface area contributed by atoms with Crippen LogP contribution in [0.4, 0.5) is 11.5 Å². The van der Waals surface area contributed by atoms with E-state index in [0.717, 1.165) is 8.95 Å². The summed E-state index contributed by atoms with van der Waals surface area (Å²) in [6.07, 6.45) is 1.54.